The summed E-state index contributed by atoms with van der Waals surface area (Å²) >= 11 is 6.02. The van der Waals surface area contributed by atoms with Crippen LogP contribution in [0.15, 0.2) is 30.3 Å². The average molecular weight is 364 g/mol. The van der Waals surface area contributed by atoms with Crippen LogP contribution < -0.4 is 19.7 Å². The third-order valence-electron chi connectivity index (χ3n) is 3.76. The summed E-state index contributed by atoms with van der Waals surface area (Å²) in [5.74, 6) is 1.65. The van der Waals surface area contributed by atoms with E-state index >= 15 is 0 Å². The summed E-state index contributed by atoms with van der Waals surface area (Å²) in [6.45, 7) is 1.90. The van der Waals surface area contributed by atoms with E-state index in [0.717, 1.165) is 5.56 Å². The predicted octanol–water partition coefficient (Wildman–Crippen LogP) is 3.31. The Morgan fingerprint density at radius 1 is 1.16 bits per heavy atom. The molecule has 0 radical (unpaired) electrons. The van der Waals surface area contributed by atoms with Crippen molar-refractivity contribution in [1.29, 1.82) is 0 Å². The lowest BCUT2D eigenvalue weighted by atomic mass is 10.1. The van der Waals surface area contributed by atoms with Gasteiger partial charge in [-0.05, 0) is 36.8 Å². The number of benzene rings is 1. The van der Waals surface area contributed by atoms with Crippen molar-refractivity contribution in [3.05, 3.63) is 46.6 Å². The monoisotopic (exact) mass is 363 g/mol. The number of methoxy groups -OCH3 is 2. The first-order chi connectivity index (χ1) is 11.8. The van der Waals surface area contributed by atoms with Crippen molar-refractivity contribution >= 4 is 23.3 Å². The largest absolute Gasteiger partial charge is 0.493 e. The van der Waals surface area contributed by atoms with Crippen LogP contribution in [0, 0.1) is 0 Å². The van der Waals surface area contributed by atoms with E-state index in [2.05, 4.69) is 10.3 Å². The minimum Gasteiger partial charge on any atom is -0.493 e. The molecule has 1 heterocycles. The lowest BCUT2D eigenvalue weighted by molar-refractivity contribution is 0.0939. The highest BCUT2D eigenvalue weighted by atomic mass is 35.5. The van der Waals surface area contributed by atoms with E-state index < -0.39 is 0 Å². The fourth-order valence-electron chi connectivity index (χ4n) is 2.33. The van der Waals surface area contributed by atoms with E-state index in [9.17, 15) is 4.79 Å². The topological polar surface area (TPSA) is 63.7 Å². The van der Waals surface area contributed by atoms with Gasteiger partial charge in [-0.15, -0.1) is 0 Å². The Kier molecular flexibility index (Phi) is 6.09. The van der Waals surface area contributed by atoms with E-state index in [1.165, 1.54) is 0 Å². The van der Waals surface area contributed by atoms with Crippen molar-refractivity contribution < 1.29 is 14.3 Å². The quantitative estimate of drug-likeness (QED) is 0.798. The Morgan fingerprint density at radius 2 is 1.84 bits per heavy atom. The zero-order valence-corrected chi connectivity index (χ0v) is 15.7. The average Bonchev–Trinajstić information content (AvgIpc) is 2.60. The van der Waals surface area contributed by atoms with Crippen molar-refractivity contribution in [3.8, 4) is 11.5 Å². The Labute approximate surface area is 152 Å². The number of carbonyl (C=O) groups excluding carboxylic acids is 1. The summed E-state index contributed by atoms with van der Waals surface area (Å²) in [7, 11) is 6.84. The van der Waals surface area contributed by atoms with Crippen LogP contribution in [-0.2, 0) is 0 Å². The Hall–Kier alpha value is -2.47. The van der Waals surface area contributed by atoms with Gasteiger partial charge in [-0.25, -0.2) is 4.98 Å². The van der Waals surface area contributed by atoms with Gasteiger partial charge in [-0.3, -0.25) is 4.79 Å². The molecule has 0 bridgehead atoms. The minimum atomic E-state index is -0.227. The highest BCUT2D eigenvalue weighted by Crippen LogP contribution is 2.30. The first kappa shape index (κ1) is 18.9. The summed E-state index contributed by atoms with van der Waals surface area (Å²) < 4.78 is 10.5. The molecule has 0 spiro atoms. The maximum absolute atomic E-state index is 12.6. The molecule has 1 unspecified atom stereocenters. The van der Waals surface area contributed by atoms with Gasteiger partial charge in [0.1, 0.15) is 11.0 Å². The van der Waals surface area contributed by atoms with Gasteiger partial charge < -0.3 is 19.7 Å². The summed E-state index contributed by atoms with van der Waals surface area (Å²) in [6, 6.07) is 8.56. The van der Waals surface area contributed by atoms with Crippen LogP contribution >= 0.6 is 11.6 Å². The predicted molar refractivity (Wildman–Crippen MR) is 99.0 cm³/mol. The minimum absolute atomic E-state index is 0.220. The molecule has 0 aliphatic carbocycles. The van der Waals surface area contributed by atoms with E-state index in [0.29, 0.717) is 22.9 Å². The van der Waals surface area contributed by atoms with Crippen molar-refractivity contribution in [2.24, 2.45) is 0 Å². The molecule has 0 fully saturated rings. The molecule has 2 rings (SSSR count). The summed E-state index contributed by atoms with van der Waals surface area (Å²) in [5.41, 5.74) is 1.36. The van der Waals surface area contributed by atoms with Crippen LogP contribution in [-0.4, -0.2) is 39.2 Å². The molecule has 0 aliphatic heterocycles. The molecule has 7 heteroatoms. The number of hydrogen-bond acceptors (Lipinski definition) is 5. The summed E-state index contributed by atoms with van der Waals surface area (Å²) in [6.07, 6.45) is 0. The molecule has 25 heavy (non-hydrogen) atoms. The molecule has 1 amide bonds. The van der Waals surface area contributed by atoms with Crippen molar-refractivity contribution in [1.82, 2.24) is 10.3 Å². The molecular formula is C18H22ClN3O3. The molecule has 134 valence electrons. The van der Waals surface area contributed by atoms with Crippen LogP contribution in [0.5, 0.6) is 11.5 Å². The standard InChI is InChI=1S/C18H22ClN3O3/c1-11(12-6-7-14(24-4)15(8-12)25-5)20-18(23)13-9-16(19)21-17(10-13)22(2)3/h6-11H,1-5H3,(H,20,23). The van der Waals surface area contributed by atoms with Crippen molar-refractivity contribution in [2.45, 2.75) is 13.0 Å². The van der Waals surface area contributed by atoms with Crippen LogP contribution in [0.1, 0.15) is 28.9 Å². The van der Waals surface area contributed by atoms with Crippen molar-refractivity contribution in [3.63, 3.8) is 0 Å². The number of anilines is 1. The van der Waals surface area contributed by atoms with Gasteiger partial charge in [0.25, 0.3) is 5.91 Å². The van der Waals surface area contributed by atoms with E-state index in [-0.39, 0.29) is 17.1 Å². The van der Waals surface area contributed by atoms with E-state index in [1.54, 1.807) is 31.3 Å². The van der Waals surface area contributed by atoms with Crippen LogP contribution in [0.25, 0.3) is 0 Å². The Bertz CT molecular complexity index is 765. The van der Waals surface area contributed by atoms with E-state index in [1.807, 2.05) is 39.2 Å². The van der Waals surface area contributed by atoms with E-state index in [4.69, 9.17) is 21.1 Å². The lowest BCUT2D eigenvalue weighted by Gasteiger charge is -2.17. The number of carbonyl (C=O) groups is 1. The highest BCUT2D eigenvalue weighted by Gasteiger charge is 2.15. The number of halogens is 1. The molecule has 6 nitrogen and oxygen atoms in total. The highest BCUT2D eigenvalue weighted by molar-refractivity contribution is 6.29. The van der Waals surface area contributed by atoms with Crippen LogP contribution in [0.2, 0.25) is 5.15 Å². The second-order valence-corrected chi connectivity index (χ2v) is 6.13. The molecule has 1 aromatic carbocycles. The number of pyridine rings is 1. The molecule has 1 N–H and O–H groups in total. The molecule has 1 aromatic heterocycles. The lowest BCUT2D eigenvalue weighted by Crippen LogP contribution is -2.27. The zero-order chi connectivity index (χ0) is 18.6. The number of amides is 1. The van der Waals surface area contributed by atoms with Gasteiger partial charge in [0.2, 0.25) is 0 Å². The third kappa shape index (κ3) is 4.54. The smallest absolute Gasteiger partial charge is 0.251 e. The maximum Gasteiger partial charge on any atom is 0.251 e. The number of nitrogens with zero attached hydrogens (tertiary/aromatic N) is 2. The van der Waals surface area contributed by atoms with Gasteiger partial charge in [-0.1, -0.05) is 17.7 Å². The first-order valence-corrected chi connectivity index (χ1v) is 8.11. The number of ether oxygens (including phenoxy) is 2. The Morgan fingerprint density at radius 3 is 2.44 bits per heavy atom. The van der Waals surface area contributed by atoms with Gasteiger partial charge in [0.05, 0.1) is 20.3 Å². The molecule has 0 saturated heterocycles. The fourth-order valence-corrected chi connectivity index (χ4v) is 2.53. The summed E-state index contributed by atoms with van der Waals surface area (Å²) in [5, 5.41) is 3.23. The van der Waals surface area contributed by atoms with Gasteiger partial charge >= 0.3 is 0 Å². The van der Waals surface area contributed by atoms with Crippen molar-refractivity contribution in [2.75, 3.05) is 33.2 Å². The second kappa shape index (κ2) is 8.07. The van der Waals surface area contributed by atoms with Gasteiger partial charge in [0, 0.05) is 19.7 Å². The van der Waals surface area contributed by atoms with Gasteiger partial charge in [-0.2, -0.15) is 0 Å². The SMILES string of the molecule is COc1ccc(C(C)NC(=O)c2cc(Cl)nc(N(C)C)c2)cc1OC. The first-order valence-electron chi connectivity index (χ1n) is 7.73. The molecule has 0 saturated carbocycles. The normalized spacial score (nSPS) is 11.6. The van der Waals surface area contributed by atoms with Crippen LogP contribution in [0.3, 0.4) is 0 Å². The summed E-state index contributed by atoms with van der Waals surface area (Å²) in [4.78, 5) is 18.5. The number of aromatic nitrogens is 1. The molecule has 1 atom stereocenters. The third-order valence-corrected chi connectivity index (χ3v) is 3.95. The number of hydrogen-bond donors (Lipinski definition) is 1. The van der Waals surface area contributed by atoms with Gasteiger partial charge in [0.15, 0.2) is 11.5 Å². The fraction of sp³-hybridized carbons (Fsp3) is 0.333. The molecule has 0 aliphatic rings. The number of rotatable bonds is 6. The second-order valence-electron chi connectivity index (χ2n) is 5.74. The number of nitrogens with one attached hydrogen (secondary N) is 1. The maximum atomic E-state index is 12.6. The molecule has 2 aromatic rings. The Balaban J connectivity index is 2.20. The van der Waals surface area contributed by atoms with Crippen LogP contribution in [0.4, 0.5) is 5.82 Å². The zero-order valence-electron chi connectivity index (χ0n) is 15.0. The molecular weight excluding hydrogens is 342 g/mol.